The maximum absolute atomic E-state index is 11.5. The normalized spacial score (nSPS) is 12.1. The second-order valence-electron chi connectivity index (χ2n) is 4.19. The van der Waals surface area contributed by atoms with Crippen LogP contribution in [0.5, 0.6) is 0 Å². The van der Waals surface area contributed by atoms with E-state index in [4.69, 9.17) is 10.7 Å². The van der Waals surface area contributed by atoms with E-state index in [1.54, 1.807) is 0 Å². The Hall–Kier alpha value is -0.920. The summed E-state index contributed by atoms with van der Waals surface area (Å²) in [4.78, 5) is 0. The van der Waals surface area contributed by atoms with E-state index in [0.29, 0.717) is 5.82 Å². The lowest BCUT2D eigenvalue weighted by molar-refractivity contribution is 0.530. The molecule has 2 rings (SSSR count). The fourth-order valence-electron chi connectivity index (χ4n) is 1.73. The molecular formula is C11H11BrClN3O2S. The summed E-state index contributed by atoms with van der Waals surface area (Å²) >= 11 is 3.41. The zero-order valence-corrected chi connectivity index (χ0v) is 13.4. The third-order valence-electron chi connectivity index (χ3n) is 2.51. The maximum atomic E-state index is 11.5. The second kappa shape index (κ2) is 5.22. The van der Waals surface area contributed by atoms with Crippen molar-refractivity contribution in [2.24, 2.45) is 0 Å². The summed E-state index contributed by atoms with van der Waals surface area (Å²) in [5.74, 6) is 0.460. The summed E-state index contributed by atoms with van der Waals surface area (Å²) in [6.07, 6.45) is 0. The third-order valence-corrected chi connectivity index (χ3v) is 4.33. The minimum atomic E-state index is -3.93. The Balaban J connectivity index is 2.74. The number of hydrogen-bond acceptors (Lipinski definition) is 4. The van der Waals surface area contributed by atoms with Crippen LogP contribution in [0.25, 0.3) is 11.4 Å². The van der Waals surface area contributed by atoms with Crippen molar-refractivity contribution in [2.45, 2.75) is 25.0 Å². The van der Waals surface area contributed by atoms with Crippen LogP contribution in [0.4, 0.5) is 0 Å². The van der Waals surface area contributed by atoms with Crippen LogP contribution in [0.1, 0.15) is 19.9 Å². The lowest BCUT2D eigenvalue weighted by Gasteiger charge is -2.13. The lowest BCUT2D eigenvalue weighted by atomic mass is 10.2. The smallest absolute Gasteiger partial charge is 0.294 e. The topological polar surface area (TPSA) is 64.8 Å². The van der Waals surface area contributed by atoms with E-state index in [2.05, 4.69) is 26.1 Å². The largest absolute Gasteiger partial charge is 0.296 e. The third kappa shape index (κ3) is 2.82. The van der Waals surface area contributed by atoms with Crippen molar-refractivity contribution in [1.29, 1.82) is 0 Å². The van der Waals surface area contributed by atoms with Crippen molar-refractivity contribution in [1.82, 2.24) is 14.8 Å². The first-order valence-corrected chi connectivity index (χ1v) is 8.57. The minimum absolute atomic E-state index is 0.138. The molecule has 0 aliphatic heterocycles. The van der Waals surface area contributed by atoms with Gasteiger partial charge in [0.25, 0.3) is 14.2 Å². The van der Waals surface area contributed by atoms with E-state index in [0.717, 1.165) is 10.0 Å². The molecule has 0 amide bonds. The first kappa shape index (κ1) is 14.5. The standard InChI is InChI=1S/C11H11BrClN3O2S/c1-7(2)16-10(8-5-3-4-6-9(8)12)14-15-11(16)19(13,17)18/h3-7H,1-2H3. The quantitative estimate of drug-likeness (QED) is 0.784. The fraction of sp³-hybridized carbons (Fsp3) is 0.273. The number of halogens is 2. The van der Waals surface area contributed by atoms with Gasteiger partial charge in [-0.3, -0.25) is 4.57 Å². The summed E-state index contributed by atoms with van der Waals surface area (Å²) < 4.78 is 25.3. The molecule has 0 aliphatic rings. The molecular weight excluding hydrogens is 354 g/mol. The molecule has 19 heavy (non-hydrogen) atoms. The lowest BCUT2D eigenvalue weighted by Crippen LogP contribution is -2.10. The van der Waals surface area contributed by atoms with E-state index in [1.807, 2.05) is 38.1 Å². The second-order valence-corrected chi connectivity index (χ2v) is 7.50. The predicted molar refractivity (Wildman–Crippen MR) is 76.6 cm³/mol. The molecule has 0 unspecified atom stereocenters. The highest BCUT2D eigenvalue weighted by atomic mass is 79.9. The first-order valence-electron chi connectivity index (χ1n) is 5.47. The number of hydrogen-bond donors (Lipinski definition) is 0. The summed E-state index contributed by atoms with van der Waals surface area (Å²) in [5.41, 5.74) is 0.760. The minimum Gasteiger partial charge on any atom is -0.294 e. The molecule has 5 nitrogen and oxygen atoms in total. The van der Waals surface area contributed by atoms with Gasteiger partial charge in [-0.05, 0) is 19.9 Å². The number of benzene rings is 1. The molecule has 0 saturated carbocycles. The maximum Gasteiger partial charge on any atom is 0.296 e. The molecule has 1 aromatic heterocycles. The van der Waals surface area contributed by atoms with Crippen LogP contribution in [0, 0.1) is 0 Å². The summed E-state index contributed by atoms with van der Waals surface area (Å²) in [6, 6.07) is 7.25. The molecule has 0 atom stereocenters. The van der Waals surface area contributed by atoms with Crippen molar-refractivity contribution in [2.75, 3.05) is 0 Å². The van der Waals surface area contributed by atoms with Gasteiger partial charge in [-0.25, -0.2) is 8.42 Å². The number of aromatic nitrogens is 3. The van der Waals surface area contributed by atoms with Gasteiger partial charge in [-0.15, -0.1) is 10.2 Å². The van der Waals surface area contributed by atoms with Gasteiger partial charge in [0.1, 0.15) is 0 Å². The number of nitrogens with zero attached hydrogens (tertiary/aromatic N) is 3. The van der Waals surface area contributed by atoms with Crippen LogP contribution < -0.4 is 0 Å². The highest BCUT2D eigenvalue weighted by molar-refractivity contribution is 9.10. The fourth-order valence-corrected chi connectivity index (χ4v) is 3.18. The van der Waals surface area contributed by atoms with Gasteiger partial charge >= 0.3 is 0 Å². The molecule has 0 radical (unpaired) electrons. The molecule has 8 heteroatoms. The summed E-state index contributed by atoms with van der Waals surface area (Å²) in [6.45, 7) is 3.69. The van der Waals surface area contributed by atoms with Gasteiger partial charge in [0.2, 0.25) is 0 Å². The van der Waals surface area contributed by atoms with Gasteiger partial charge in [-0.2, -0.15) is 0 Å². The van der Waals surface area contributed by atoms with E-state index < -0.39 is 9.05 Å². The van der Waals surface area contributed by atoms with E-state index in [-0.39, 0.29) is 11.2 Å². The van der Waals surface area contributed by atoms with Gasteiger partial charge in [0, 0.05) is 26.8 Å². The Labute approximate surface area is 124 Å². The van der Waals surface area contributed by atoms with Crippen LogP contribution in [-0.4, -0.2) is 23.2 Å². The van der Waals surface area contributed by atoms with Gasteiger partial charge in [0.15, 0.2) is 5.82 Å². The van der Waals surface area contributed by atoms with E-state index >= 15 is 0 Å². The summed E-state index contributed by atoms with van der Waals surface area (Å²) in [7, 11) is 1.45. The average Bonchev–Trinajstić information content (AvgIpc) is 2.73. The summed E-state index contributed by atoms with van der Waals surface area (Å²) in [5, 5.41) is 7.41. The zero-order valence-electron chi connectivity index (χ0n) is 10.2. The Morgan fingerprint density at radius 3 is 2.42 bits per heavy atom. The molecule has 0 spiro atoms. The molecule has 1 aromatic carbocycles. The van der Waals surface area contributed by atoms with Crippen LogP contribution in [0.3, 0.4) is 0 Å². The van der Waals surface area contributed by atoms with Crippen LogP contribution in [0.2, 0.25) is 0 Å². The van der Waals surface area contributed by atoms with Crippen molar-refractivity contribution >= 4 is 35.7 Å². The molecule has 102 valence electrons. The van der Waals surface area contributed by atoms with E-state index in [9.17, 15) is 8.42 Å². The molecule has 0 fully saturated rings. The number of rotatable bonds is 3. The highest BCUT2D eigenvalue weighted by Crippen LogP contribution is 2.30. The first-order chi connectivity index (χ1) is 8.82. The van der Waals surface area contributed by atoms with Crippen LogP contribution in [0.15, 0.2) is 33.9 Å². The Morgan fingerprint density at radius 1 is 1.26 bits per heavy atom. The predicted octanol–water partition coefficient (Wildman–Crippen LogP) is 3.22. The zero-order chi connectivity index (χ0) is 14.2. The molecule has 2 aromatic rings. The van der Waals surface area contributed by atoms with Crippen molar-refractivity contribution < 1.29 is 8.42 Å². The van der Waals surface area contributed by atoms with Crippen molar-refractivity contribution in [3.05, 3.63) is 28.7 Å². The Bertz CT molecular complexity index is 712. The molecule has 1 heterocycles. The SMILES string of the molecule is CC(C)n1c(-c2ccccc2Br)nnc1S(=O)(=O)Cl. The highest BCUT2D eigenvalue weighted by Gasteiger charge is 2.25. The Morgan fingerprint density at radius 2 is 1.89 bits per heavy atom. The molecule has 0 aliphatic carbocycles. The molecule has 0 N–H and O–H groups in total. The van der Waals surface area contributed by atoms with Crippen LogP contribution >= 0.6 is 26.6 Å². The average molecular weight is 365 g/mol. The van der Waals surface area contributed by atoms with Gasteiger partial charge < -0.3 is 0 Å². The Kier molecular flexibility index (Phi) is 3.98. The van der Waals surface area contributed by atoms with E-state index in [1.165, 1.54) is 4.57 Å². The van der Waals surface area contributed by atoms with Gasteiger partial charge in [-0.1, -0.05) is 34.1 Å². The van der Waals surface area contributed by atoms with Gasteiger partial charge in [0.05, 0.1) is 0 Å². The van der Waals surface area contributed by atoms with Crippen molar-refractivity contribution in [3.8, 4) is 11.4 Å². The molecule has 0 bridgehead atoms. The monoisotopic (exact) mass is 363 g/mol. The van der Waals surface area contributed by atoms with Crippen molar-refractivity contribution in [3.63, 3.8) is 0 Å². The molecule has 0 saturated heterocycles. The van der Waals surface area contributed by atoms with Crippen LogP contribution in [-0.2, 0) is 9.05 Å².